The number of amides is 1. The van der Waals surface area contributed by atoms with Crippen LogP contribution >= 0.6 is 0 Å². The summed E-state index contributed by atoms with van der Waals surface area (Å²) in [4.78, 5) is 12.2. The number of nitrogens with one attached hydrogen (secondary N) is 1. The minimum atomic E-state index is -0.734. The van der Waals surface area contributed by atoms with Crippen LogP contribution in [0, 0.1) is 0 Å². The third-order valence-corrected chi connectivity index (χ3v) is 5.80. The normalized spacial score (nSPS) is 12.0. The second-order valence-electron chi connectivity index (χ2n) is 8.33. The Morgan fingerprint density at radius 3 is 2.08 bits per heavy atom. The molecule has 0 saturated heterocycles. The molecule has 38 heavy (non-hydrogen) atoms. The van der Waals surface area contributed by atoms with Gasteiger partial charge in [0, 0.05) is 41.9 Å². The number of aliphatic hydroxyl groups excluding tert-OH is 1. The molecule has 0 saturated carbocycles. The zero-order valence-electron chi connectivity index (χ0n) is 22.0. The summed E-state index contributed by atoms with van der Waals surface area (Å²) >= 11 is 0. The average molecular weight is 523 g/mol. The van der Waals surface area contributed by atoms with Crippen LogP contribution in [0.25, 0.3) is 11.6 Å². The molecule has 0 radical (unpaired) electrons. The lowest BCUT2D eigenvalue weighted by Gasteiger charge is -2.15. The quantitative estimate of drug-likeness (QED) is 0.218. The van der Waals surface area contributed by atoms with E-state index in [9.17, 15) is 9.90 Å². The molecule has 1 amide bonds. The van der Waals surface area contributed by atoms with Crippen molar-refractivity contribution in [2.45, 2.75) is 12.6 Å². The molecule has 1 unspecified atom stereocenters. The molecule has 202 valence electrons. The Morgan fingerprint density at radius 2 is 1.47 bits per heavy atom. The Balaban J connectivity index is 1.58. The lowest BCUT2D eigenvalue weighted by molar-refractivity contribution is -0.112. The zero-order valence-corrected chi connectivity index (χ0v) is 22.0. The molecule has 0 fully saturated rings. The summed E-state index contributed by atoms with van der Waals surface area (Å²) in [6.07, 6.45) is 0.937. The van der Waals surface area contributed by atoms with Gasteiger partial charge in [-0.25, -0.2) is 0 Å². The maximum Gasteiger partial charge on any atom is 0.249 e. The van der Waals surface area contributed by atoms with Crippen molar-refractivity contribution in [2.24, 2.45) is 5.73 Å². The standard InChI is InChI=1S/C29H34N2O7/c1-34-24-11-7-20(27(14-24)36-3)13-26(29(30)33)19-5-9-23(10-6-19)38-18-22(32)17-31-16-21-8-12-25(35-2)15-28(21)37-4/h5-15,22,31-32H,16-18H2,1-4H3,(H2,30,33). The molecule has 3 aromatic rings. The van der Waals surface area contributed by atoms with E-state index in [1.807, 2.05) is 18.2 Å². The maximum atomic E-state index is 12.2. The van der Waals surface area contributed by atoms with E-state index < -0.39 is 12.0 Å². The van der Waals surface area contributed by atoms with Gasteiger partial charge in [0.1, 0.15) is 41.5 Å². The van der Waals surface area contributed by atoms with E-state index in [2.05, 4.69) is 5.32 Å². The lowest BCUT2D eigenvalue weighted by atomic mass is 10.0. The van der Waals surface area contributed by atoms with Gasteiger partial charge in [0.15, 0.2) is 0 Å². The number of hydrogen-bond acceptors (Lipinski definition) is 8. The van der Waals surface area contributed by atoms with E-state index in [1.165, 1.54) is 0 Å². The molecule has 4 N–H and O–H groups in total. The maximum absolute atomic E-state index is 12.2. The zero-order chi connectivity index (χ0) is 27.5. The van der Waals surface area contributed by atoms with E-state index >= 15 is 0 Å². The summed E-state index contributed by atoms with van der Waals surface area (Å²) < 4.78 is 27.0. The van der Waals surface area contributed by atoms with Gasteiger partial charge in [0.25, 0.3) is 0 Å². The third-order valence-electron chi connectivity index (χ3n) is 5.80. The summed E-state index contributed by atoms with van der Waals surface area (Å²) in [7, 11) is 6.31. The highest BCUT2D eigenvalue weighted by atomic mass is 16.5. The number of methoxy groups -OCH3 is 4. The van der Waals surface area contributed by atoms with Crippen LogP contribution in [0.1, 0.15) is 16.7 Å². The minimum absolute atomic E-state index is 0.0909. The SMILES string of the molecule is COc1ccc(C=C(C(N)=O)c2ccc(OCC(O)CNCc3ccc(OC)cc3OC)cc2)c(OC)c1. The molecule has 3 aromatic carbocycles. The number of hydrogen-bond donors (Lipinski definition) is 3. The van der Waals surface area contributed by atoms with E-state index in [0.717, 1.165) is 5.56 Å². The predicted molar refractivity (Wildman–Crippen MR) is 146 cm³/mol. The number of carbonyl (C=O) groups excluding carboxylic acids is 1. The van der Waals surface area contributed by atoms with Crippen LogP contribution in [0.15, 0.2) is 60.7 Å². The average Bonchev–Trinajstić information content (AvgIpc) is 2.95. The van der Waals surface area contributed by atoms with Crippen LogP contribution in [0.5, 0.6) is 28.7 Å². The van der Waals surface area contributed by atoms with Gasteiger partial charge < -0.3 is 39.8 Å². The van der Waals surface area contributed by atoms with Crippen LogP contribution in [0.3, 0.4) is 0 Å². The largest absolute Gasteiger partial charge is 0.497 e. The Kier molecular flexibility index (Phi) is 10.4. The summed E-state index contributed by atoms with van der Waals surface area (Å²) in [5, 5.41) is 13.5. The Morgan fingerprint density at radius 1 is 0.868 bits per heavy atom. The number of benzene rings is 3. The number of aliphatic hydroxyl groups is 1. The van der Waals surface area contributed by atoms with Crippen molar-refractivity contribution in [3.05, 3.63) is 77.4 Å². The van der Waals surface area contributed by atoms with Crippen LogP contribution < -0.4 is 34.7 Å². The molecular weight excluding hydrogens is 488 g/mol. The highest BCUT2D eigenvalue weighted by molar-refractivity contribution is 6.23. The molecule has 3 rings (SSSR count). The summed E-state index contributed by atoms with van der Waals surface area (Å²) in [6.45, 7) is 0.930. The second kappa shape index (κ2) is 13.9. The monoisotopic (exact) mass is 522 g/mol. The molecule has 0 heterocycles. The molecule has 0 aliphatic heterocycles. The van der Waals surface area contributed by atoms with Gasteiger partial charge in [-0.05, 0) is 42.0 Å². The Bertz CT molecular complexity index is 1240. The molecule has 1 atom stereocenters. The molecular formula is C29H34N2O7. The van der Waals surface area contributed by atoms with Gasteiger partial charge in [-0.2, -0.15) is 0 Å². The summed E-state index contributed by atoms with van der Waals surface area (Å²) in [5.41, 5.74) is 8.24. The van der Waals surface area contributed by atoms with Crippen molar-refractivity contribution in [3.8, 4) is 28.7 Å². The van der Waals surface area contributed by atoms with Crippen molar-refractivity contribution in [1.82, 2.24) is 5.32 Å². The smallest absolute Gasteiger partial charge is 0.249 e. The third kappa shape index (κ3) is 7.64. The fourth-order valence-electron chi connectivity index (χ4n) is 3.74. The molecule has 0 spiro atoms. The van der Waals surface area contributed by atoms with Crippen LogP contribution in [0.2, 0.25) is 0 Å². The highest BCUT2D eigenvalue weighted by Gasteiger charge is 2.13. The van der Waals surface area contributed by atoms with Crippen molar-refractivity contribution >= 4 is 17.6 Å². The molecule has 0 aliphatic rings. The van der Waals surface area contributed by atoms with Gasteiger partial charge in [0.2, 0.25) is 5.91 Å². The number of nitrogens with two attached hydrogens (primary N) is 1. The van der Waals surface area contributed by atoms with Gasteiger partial charge in [-0.3, -0.25) is 4.79 Å². The van der Waals surface area contributed by atoms with Crippen molar-refractivity contribution in [3.63, 3.8) is 0 Å². The molecule has 0 aromatic heterocycles. The van der Waals surface area contributed by atoms with Gasteiger partial charge in [-0.1, -0.05) is 18.2 Å². The van der Waals surface area contributed by atoms with E-state index in [4.69, 9.17) is 29.4 Å². The van der Waals surface area contributed by atoms with Gasteiger partial charge >= 0.3 is 0 Å². The Labute approximate surface area is 222 Å². The lowest BCUT2D eigenvalue weighted by Crippen LogP contribution is -2.31. The summed E-state index contributed by atoms with van der Waals surface area (Å²) in [5.74, 6) is 2.58. The molecule has 9 heteroatoms. The van der Waals surface area contributed by atoms with Crippen LogP contribution in [-0.4, -0.2) is 58.7 Å². The number of carbonyl (C=O) groups is 1. The fourth-order valence-corrected chi connectivity index (χ4v) is 3.74. The fraction of sp³-hybridized carbons (Fsp3) is 0.276. The van der Waals surface area contributed by atoms with Crippen molar-refractivity contribution in [1.29, 1.82) is 0 Å². The van der Waals surface area contributed by atoms with Crippen LogP contribution in [-0.2, 0) is 11.3 Å². The highest BCUT2D eigenvalue weighted by Crippen LogP contribution is 2.29. The Hall–Kier alpha value is -4.21. The molecule has 0 bridgehead atoms. The number of primary amides is 1. The first-order valence-corrected chi connectivity index (χ1v) is 11.9. The van der Waals surface area contributed by atoms with Crippen molar-refractivity contribution in [2.75, 3.05) is 41.6 Å². The number of rotatable bonds is 14. The van der Waals surface area contributed by atoms with Gasteiger partial charge in [-0.15, -0.1) is 0 Å². The first-order chi connectivity index (χ1) is 18.4. The molecule has 0 aliphatic carbocycles. The first-order valence-electron chi connectivity index (χ1n) is 11.9. The van der Waals surface area contributed by atoms with Crippen molar-refractivity contribution < 1.29 is 33.6 Å². The summed E-state index contributed by atoms with van der Waals surface area (Å²) in [6, 6.07) is 17.8. The topological polar surface area (TPSA) is 122 Å². The molecule has 9 nitrogen and oxygen atoms in total. The minimum Gasteiger partial charge on any atom is -0.497 e. The van der Waals surface area contributed by atoms with Gasteiger partial charge in [0.05, 0.1) is 28.4 Å². The van der Waals surface area contributed by atoms with Crippen LogP contribution in [0.4, 0.5) is 0 Å². The van der Waals surface area contributed by atoms with E-state index in [0.29, 0.717) is 58.5 Å². The second-order valence-corrected chi connectivity index (χ2v) is 8.33. The first kappa shape index (κ1) is 28.4. The van der Waals surface area contributed by atoms with E-state index in [-0.39, 0.29) is 6.61 Å². The number of ether oxygens (including phenoxy) is 5. The predicted octanol–water partition coefficient (Wildman–Crippen LogP) is 3.28. The van der Waals surface area contributed by atoms with E-state index in [1.54, 1.807) is 77.0 Å².